The van der Waals surface area contributed by atoms with Gasteiger partial charge in [0.1, 0.15) is 5.75 Å². The van der Waals surface area contributed by atoms with Gasteiger partial charge in [0.25, 0.3) is 0 Å². The van der Waals surface area contributed by atoms with Gasteiger partial charge < -0.3 is 15.0 Å². The normalized spacial score (nSPS) is 10.5. The molecule has 1 amide bonds. The molecule has 0 aliphatic rings. The Morgan fingerprint density at radius 1 is 1.08 bits per heavy atom. The van der Waals surface area contributed by atoms with Crippen molar-refractivity contribution in [3.63, 3.8) is 0 Å². The summed E-state index contributed by atoms with van der Waals surface area (Å²) in [5.74, 6) is 0.829. The maximum Gasteiger partial charge on any atom is 0.239 e. The Morgan fingerprint density at radius 2 is 1.71 bits per heavy atom. The second-order valence-electron chi connectivity index (χ2n) is 6.18. The standard InChI is InChI=1S/C20H26N2O2/c1-15(2)22(18-9-5-16(3)6-10-18)14-20(23)21-13-17-7-11-19(24-4)12-8-17/h5-12,15H,13-14H2,1-4H3,(H,21,23). The van der Waals surface area contributed by atoms with Crippen molar-refractivity contribution in [2.75, 3.05) is 18.6 Å². The smallest absolute Gasteiger partial charge is 0.239 e. The molecule has 0 aliphatic carbocycles. The fourth-order valence-corrected chi connectivity index (χ4v) is 2.46. The molecule has 0 atom stereocenters. The van der Waals surface area contributed by atoms with Crippen LogP contribution in [0.5, 0.6) is 5.75 Å². The average Bonchev–Trinajstić information content (AvgIpc) is 2.59. The van der Waals surface area contributed by atoms with Crippen LogP contribution in [0.3, 0.4) is 0 Å². The summed E-state index contributed by atoms with van der Waals surface area (Å²) in [5.41, 5.74) is 3.33. The van der Waals surface area contributed by atoms with Crippen LogP contribution in [0, 0.1) is 6.92 Å². The van der Waals surface area contributed by atoms with Crippen LogP contribution in [-0.2, 0) is 11.3 Å². The molecule has 0 bridgehead atoms. The second kappa shape index (κ2) is 8.39. The highest BCUT2D eigenvalue weighted by molar-refractivity contribution is 5.81. The van der Waals surface area contributed by atoms with Crippen molar-refractivity contribution in [3.8, 4) is 5.75 Å². The number of benzene rings is 2. The minimum absolute atomic E-state index is 0.0140. The van der Waals surface area contributed by atoms with E-state index in [2.05, 4.69) is 55.3 Å². The van der Waals surface area contributed by atoms with Crippen LogP contribution < -0.4 is 15.0 Å². The molecular formula is C20H26N2O2. The number of hydrogen-bond acceptors (Lipinski definition) is 3. The Balaban J connectivity index is 1.93. The van der Waals surface area contributed by atoms with Crippen LogP contribution >= 0.6 is 0 Å². The molecule has 4 heteroatoms. The van der Waals surface area contributed by atoms with Gasteiger partial charge in [-0.25, -0.2) is 0 Å². The Hall–Kier alpha value is -2.49. The van der Waals surface area contributed by atoms with Crippen LogP contribution in [0.4, 0.5) is 5.69 Å². The zero-order chi connectivity index (χ0) is 17.5. The van der Waals surface area contributed by atoms with Crippen LogP contribution in [0.15, 0.2) is 48.5 Å². The molecule has 128 valence electrons. The monoisotopic (exact) mass is 326 g/mol. The number of aryl methyl sites for hydroxylation is 1. The summed E-state index contributed by atoms with van der Waals surface area (Å²) >= 11 is 0. The zero-order valence-electron chi connectivity index (χ0n) is 14.9. The molecule has 2 rings (SSSR count). The van der Waals surface area contributed by atoms with Gasteiger partial charge in [0.15, 0.2) is 0 Å². The first kappa shape index (κ1) is 17.9. The number of methoxy groups -OCH3 is 1. The molecule has 0 saturated heterocycles. The van der Waals surface area contributed by atoms with Crippen molar-refractivity contribution in [3.05, 3.63) is 59.7 Å². The third-order valence-corrected chi connectivity index (χ3v) is 3.95. The summed E-state index contributed by atoms with van der Waals surface area (Å²) < 4.78 is 5.14. The van der Waals surface area contributed by atoms with Crippen LogP contribution in [0.1, 0.15) is 25.0 Å². The van der Waals surface area contributed by atoms with E-state index < -0.39 is 0 Å². The zero-order valence-corrected chi connectivity index (χ0v) is 14.9. The summed E-state index contributed by atoms with van der Waals surface area (Å²) in [5, 5.41) is 2.98. The largest absolute Gasteiger partial charge is 0.497 e. The summed E-state index contributed by atoms with van der Waals surface area (Å²) in [7, 11) is 1.64. The van der Waals surface area contributed by atoms with E-state index in [-0.39, 0.29) is 11.9 Å². The van der Waals surface area contributed by atoms with Crippen molar-refractivity contribution in [1.82, 2.24) is 5.32 Å². The highest BCUT2D eigenvalue weighted by Gasteiger charge is 2.14. The quantitative estimate of drug-likeness (QED) is 0.846. The van der Waals surface area contributed by atoms with E-state index in [9.17, 15) is 4.79 Å². The number of ether oxygens (including phenoxy) is 1. The number of nitrogens with one attached hydrogen (secondary N) is 1. The summed E-state index contributed by atoms with van der Waals surface area (Å²) in [4.78, 5) is 14.4. The molecule has 0 aliphatic heterocycles. The molecule has 1 N–H and O–H groups in total. The Bertz CT molecular complexity index is 648. The van der Waals surface area contributed by atoms with E-state index in [0.29, 0.717) is 13.1 Å². The Labute approximate surface area is 144 Å². The molecule has 0 radical (unpaired) electrons. The topological polar surface area (TPSA) is 41.6 Å². The predicted octanol–water partition coefficient (Wildman–Crippen LogP) is 3.53. The molecule has 0 fully saturated rings. The van der Waals surface area contributed by atoms with Crippen molar-refractivity contribution < 1.29 is 9.53 Å². The van der Waals surface area contributed by atoms with E-state index in [1.165, 1.54) is 5.56 Å². The summed E-state index contributed by atoms with van der Waals surface area (Å²) in [6.45, 7) is 7.11. The van der Waals surface area contributed by atoms with Gasteiger partial charge in [0, 0.05) is 18.3 Å². The molecular weight excluding hydrogens is 300 g/mol. The highest BCUT2D eigenvalue weighted by atomic mass is 16.5. The van der Waals surface area contributed by atoms with Crippen molar-refractivity contribution in [1.29, 1.82) is 0 Å². The minimum Gasteiger partial charge on any atom is -0.497 e. The lowest BCUT2D eigenvalue weighted by Gasteiger charge is -2.28. The molecule has 0 heterocycles. The van der Waals surface area contributed by atoms with Gasteiger partial charge >= 0.3 is 0 Å². The second-order valence-corrected chi connectivity index (χ2v) is 6.18. The lowest BCUT2D eigenvalue weighted by atomic mass is 10.2. The SMILES string of the molecule is COc1ccc(CNC(=O)CN(c2ccc(C)cc2)C(C)C)cc1. The predicted molar refractivity (Wildman–Crippen MR) is 98.5 cm³/mol. The van der Waals surface area contributed by atoms with Gasteiger partial charge in [0.05, 0.1) is 13.7 Å². The molecule has 0 saturated carbocycles. The molecule has 0 spiro atoms. The number of anilines is 1. The maximum atomic E-state index is 12.3. The van der Waals surface area contributed by atoms with Gasteiger partial charge in [-0.15, -0.1) is 0 Å². The average molecular weight is 326 g/mol. The number of amides is 1. The van der Waals surface area contributed by atoms with Crippen molar-refractivity contribution in [2.45, 2.75) is 33.4 Å². The van der Waals surface area contributed by atoms with E-state index in [1.807, 2.05) is 24.3 Å². The number of carbonyl (C=O) groups is 1. The van der Waals surface area contributed by atoms with Gasteiger partial charge in [-0.2, -0.15) is 0 Å². The first-order chi connectivity index (χ1) is 11.5. The Morgan fingerprint density at radius 3 is 2.25 bits per heavy atom. The van der Waals surface area contributed by atoms with Crippen molar-refractivity contribution in [2.24, 2.45) is 0 Å². The molecule has 4 nitrogen and oxygen atoms in total. The van der Waals surface area contributed by atoms with Crippen LogP contribution in [0.25, 0.3) is 0 Å². The lowest BCUT2D eigenvalue weighted by molar-refractivity contribution is -0.120. The number of hydrogen-bond donors (Lipinski definition) is 1. The number of rotatable bonds is 7. The summed E-state index contributed by atoms with van der Waals surface area (Å²) in [6.07, 6.45) is 0. The first-order valence-electron chi connectivity index (χ1n) is 8.22. The number of carbonyl (C=O) groups excluding carboxylic acids is 1. The minimum atomic E-state index is 0.0140. The lowest BCUT2D eigenvalue weighted by Crippen LogP contribution is -2.40. The van der Waals surface area contributed by atoms with Crippen LogP contribution in [0.2, 0.25) is 0 Å². The number of nitrogens with zero attached hydrogens (tertiary/aromatic N) is 1. The summed E-state index contributed by atoms with van der Waals surface area (Å²) in [6, 6.07) is 16.2. The molecule has 2 aromatic carbocycles. The third kappa shape index (κ3) is 5.01. The van der Waals surface area contributed by atoms with Gasteiger partial charge in [-0.3, -0.25) is 4.79 Å². The molecule has 2 aromatic rings. The molecule has 0 unspecified atom stereocenters. The molecule has 0 aromatic heterocycles. The van der Waals surface area contributed by atoms with Crippen molar-refractivity contribution >= 4 is 11.6 Å². The first-order valence-corrected chi connectivity index (χ1v) is 8.22. The fourth-order valence-electron chi connectivity index (χ4n) is 2.46. The van der Waals surface area contributed by atoms with Crippen LogP contribution in [-0.4, -0.2) is 25.6 Å². The molecule has 24 heavy (non-hydrogen) atoms. The van der Waals surface area contributed by atoms with E-state index in [4.69, 9.17) is 4.74 Å². The third-order valence-electron chi connectivity index (χ3n) is 3.95. The van der Waals surface area contributed by atoms with E-state index in [0.717, 1.165) is 17.0 Å². The van der Waals surface area contributed by atoms with Gasteiger partial charge in [0.2, 0.25) is 5.91 Å². The van der Waals surface area contributed by atoms with Gasteiger partial charge in [-0.05, 0) is 50.6 Å². The van der Waals surface area contributed by atoms with E-state index in [1.54, 1.807) is 7.11 Å². The van der Waals surface area contributed by atoms with Gasteiger partial charge in [-0.1, -0.05) is 29.8 Å². The fraction of sp³-hybridized carbons (Fsp3) is 0.350. The maximum absolute atomic E-state index is 12.3. The highest BCUT2D eigenvalue weighted by Crippen LogP contribution is 2.17. The Kier molecular flexibility index (Phi) is 6.24. The van der Waals surface area contributed by atoms with E-state index >= 15 is 0 Å².